The highest BCUT2D eigenvalue weighted by Crippen LogP contribution is 2.24. The Morgan fingerprint density at radius 1 is 1.19 bits per heavy atom. The predicted octanol–water partition coefficient (Wildman–Crippen LogP) is 5.80. The van der Waals surface area contributed by atoms with Crippen LogP contribution >= 0.6 is 15.9 Å². The lowest BCUT2D eigenvalue weighted by Gasteiger charge is -2.05. The minimum atomic E-state index is -0.0656. The number of halogens is 1. The minimum absolute atomic E-state index is 0.0656. The maximum absolute atomic E-state index is 12.1. The van der Waals surface area contributed by atoms with E-state index >= 15 is 0 Å². The third-order valence-corrected chi connectivity index (χ3v) is 4.58. The minimum Gasteiger partial charge on any atom is -0.441 e. The summed E-state index contributed by atoms with van der Waals surface area (Å²) in [6.45, 7) is 4.33. The molecule has 0 aliphatic rings. The van der Waals surface area contributed by atoms with Gasteiger partial charge in [-0.05, 0) is 29.7 Å². The molecule has 1 aromatic heterocycles. The van der Waals surface area contributed by atoms with Crippen LogP contribution in [0.4, 0.5) is 5.69 Å². The van der Waals surface area contributed by atoms with Crippen LogP contribution in [0.2, 0.25) is 0 Å². The van der Waals surface area contributed by atoms with Gasteiger partial charge in [-0.3, -0.25) is 4.79 Å². The molecule has 0 fully saturated rings. The van der Waals surface area contributed by atoms with Crippen molar-refractivity contribution in [2.75, 3.05) is 5.32 Å². The van der Waals surface area contributed by atoms with Crippen LogP contribution in [0.25, 0.3) is 11.3 Å². The molecule has 26 heavy (non-hydrogen) atoms. The molecule has 0 radical (unpaired) electrons. The van der Waals surface area contributed by atoms with Crippen LogP contribution in [-0.4, -0.2) is 10.9 Å². The molecular weight excluding hydrogens is 392 g/mol. The second-order valence-corrected chi connectivity index (χ2v) is 7.37. The topological polar surface area (TPSA) is 55.1 Å². The van der Waals surface area contributed by atoms with E-state index in [-0.39, 0.29) is 5.91 Å². The number of rotatable bonds is 6. The summed E-state index contributed by atoms with van der Waals surface area (Å²) in [7, 11) is 0. The number of oxazole rings is 1. The number of aryl methyl sites for hydroxylation is 1. The summed E-state index contributed by atoms with van der Waals surface area (Å²) in [5, 5.41) is 2.87. The first kappa shape index (κ1) is 18.4. The number of carbonyl (C=O) groups is 1. The average molecular weight is 413 g/mol. The Kier molecular flexibility index (Phi) is 5.89. The summed E-state index contributed by atoms with van der Waals surface area (Å²) in [5.41, 5.74) is 3.05. The molecule has 0 spiro atoms. The molecule has 0 saturated heterocycles. The van der Waals surface area contributed by atoms with Crippen LogP contribution in [0.1, 0.15) is 37.6 Å². The SMILES string of the molecule is CC(C)c1ccc(-c2cnc(CCC(=O)Nc3cccc(Br)c3)o2)cc1. The lowest BCUT2D eigenvalue weighted by molar-refractivity contribution is -0.116. The largest absolute Gasteiger partial charge is 0.441 e. The number of nitrogens with zero attached hydrogens (tertiary/aromatic N) is 1. The Labute approximate surface area is 161 Å². The van der Waals surface area contributed by atoms with Crippen molar-refractivity contribution in [3.63, 3.8) is 0 Å². The number of aromatic nitrogens is 1. The van der Waals surface area contributed by atoms with Crippen molar-refractivity contribution in [1.82, 2.24) is 4.98 Å². The van der Waals surface area contributed by atoms with Crippen molar-refractivity contribution < 1.29 is 9.21 Å². The molecule has 4 nitrogen and oxygen atoms in total. The molecular formula is C21H21BrN2O2. The maximum Gasteiger partial charge on any atom is 0.224 e. The van der Waals surface area contributed by atoms with Crippen LogP contribution in [0.5, 0.6) is 0 Å². The van der Waals surface area contributed by atoms with Crippen molar-refractivity contribution in [3.05, 3.63) is 70.7 Å². The van der Waals surface area contributed by atoms with Gasteiger partial charge >= 0.3 is 0 Å². The third-order valence-electron chi connectivity index (χ3n) is 4.09. The molecule has 1 amide bonds. The molecule has 5 heteroatoms. The van der Waals surface area contributed by atoms with Gasteiger partial charge in [-0.2, -0.15) is 0 Å². The summed E-state index contributed by atoms with van der Waals surface area (Å²) in [6.07, 6.45) is 2.49. The second-order valence-electron chi connectivity index (χ2n) is 6.45. The van der Waals surface area contributed by atoms with Gasteiger partial charge in [-0.25, -0.2) is 4.98 Å². The normalized spacial score (nSPS) is 10.9. The molecule has 1 heterocycles. The first-order valence-electron chi connectivity index (χ1n) is 8.62. The Balaban J connectivity index is 1.57. The van der Waals surface area contributed by atoms with E-state index in [1.807, 2.05) is 36.4 Å². The number of carbonyl (C=O) groups excluding carboxylic acids is 1. The lowest BCUT2D eigenvalue weighted by atomic mass is 10.0. The maximum atomic E-state index is 12.1. The van der Waals surface area contributed by atoms with Gasteiger partial charge in [0.05, 0.1) is 6.20 Å². The van der Waals surface area contributed by atoms with E-state index in [9.17, 15) is 4.79 Å². The quantitative estimate of drug-likeness (QED) is 0.556. The molecule has 0 unspecified atom stereocenters. The molecule has 3 aromatic rings. The zero-order valence-electron chi connectivity index (χ0n) is 14.8. The van der Waals surface area contributed by atoms with Crippen molar-refractivity contribution >= 4 is 27.5 Å². The molecule has 3 rings (SSSR count). The van der Waals surface area contributed by atoms with Gasteiger partial charge < -0.3 is 9.73 Å². The van der Waals surface area contributed by atoms with E-state index in [1.165, 1.54) is 5.56 Å². The molecule has 0 aliphatic carbocycles. The number of hydrogen-bond donors (Lipinski definition) is 1. The molecule has 0 saturated carbocycles. The van der Waals surface area contributed by atoms with Crippen LogP contribution in [0.15, 0.2) is 63.6 Å². The summed E-state index contributed by atoms with van der Waals surface area (Å²) < 4.78 is 6.72. The summed E-state index contributed by atoms with van der Waals surface area (Å²) in [5.74, 6) is 1.72. The van der Waals surface area contributed by atoms with Gasteiger partial charge in [0.2, 0.25) is 5.91 Å². The second kappa shape index (κ2) is 8.32. The summed E-state index contributed by atoms with van der Waals surface area (Å²) in [6, 6.07) is 15.8. The fourth-order valence-electron chi connectivity index (χ4n) is 2.60. The zero-order chi connectivity index (χ0) is 18.5. The van der Waals surface area contributed by atoms with Crippen molar-refractivity contribution in [3.8, 4) is 11.3 Å². The van der Waals surface area contributed by atoms with E-state index in [0.29, 0.717) is 24.7 Å². The highest BCUT2D eigenvalue weighted by Gasteiger charge is 2.10. The van der Waals surface area contributed by atoms with Crippen LogP contribution in [-0.2, 0) is 11.2 Å². The monoisotopic (exact) mass is 412 g/mol. The number of hydrogen-bond acceptors (Lipinski definition) is 3. The van der Waals surface area contributed by atoms with E-state index in [0.717, 1.165) is 21.5 Å². The number of amides is 1. The molecule has 1 N–H and O–H groups in total. The molecule has 134 valence electrons. The third kappa shape index (κ3) is 4.82. The Morgan fingerprint density at radius 2 is 1.96 bits per heavy atom. The van der Waals surface area contributed by atoms with E-state index in [4.69, 9.17) is 4.42 Å². The summed E-state index contributed by atoms with van der Waals surface area (Å²) >= 11 is 3.39. The van der Waals surface area contributed by atoms with Gasteiger partial charge in [0.1, 0.15) is 0 Å². The molecule has 2 aromatic carbocycles. The van der Waals surface area contributed by atoms with E-state index in [1.54, 1.807) is 6.20 Å². The Hall–Kier alpha value is -2.40. The Bertz CT molecular complexity index is 885. The Morgan fingerprint density at radius 3 is 2.65 bits per heavy atom. The van der Waals surface area contributed by atoms with Crippen LogP contribution in [0.3, 0.4) is 0 Å². The number of anilines is 1. The molecule has 0 bridgehead atoms. The number of nitrogens with one attached hydrogen (secondary N) is 1. The van der Waals surface area contributed by atoms with E-state index < -0.39 is 0 Å². The van der Waals surface area contributed by atoms with Gasteiger partial charge in [-0.1, -0.05) is 60.1 Å². The lowest BCUT2D eigenvalue weighted by Crippen LogP contribution is -2.12. The first-order chi connectivity index (χ1) is 12.5. The van der Waals surface area contributed by atoms with Gasteiger partial charge in [0, 0.05) is 28.6 Å². The smallest absolute Gasteiger partial charge is 0.224 e. The predicted molar refractivity (Wildman–Crippen MR) is 107 cm³/mol. The standard InChI is InChI=1S/C21H21BrN2O2/c1-14(2)15-6-8-16(9-7-15)19-13-23-21(26-19)11-10-20(25)24-18-5-3-4-17(22)12-18/h3-9,12-14H,10-11H2,1-2H3,(H,24,25). The molecule has 0 atom stereocenters. The van der Waals surface area contributed by atoms with Crippen LogP contribution in [0, 0.1) is 0 Å². The van der Waals surface area contributed by atoms with E-state index in [2.05, 4.69) is 52.2 Å². The van der Waals surface area contributed by atoms with Crippen molar-refractivity contribution in [2.24, 2.45) is 0 Å². The first-order valence-corrected chi connectivity index (χ1v) is 9.41. The average Bonchev–Trinajstić information content (AvgIpc) is 3.09. The zero-order valence-corrected chi connectivity index (χ0v) is 16.4. The number of benzene rings is 2. The van der Waals surface area contributed by atoms with Crippen molar-refractivity contribution in [1.29, 1.82) is 0 Å². The highest BCUT2D eigenvalue weighted by molar-refractivity contribution is 9.10. The van der Waals surface area contributed by atoms with Crippen LogP contribution < -0.4 is 5.32 Å². The fourth-order valence-corrected chi connectivity index (χ4v) is 3.00. The van der Waals surface area contributed by atoms with Gasteiger partial charge in [0.15, 0.2) is 11.7 Å². The molecule has 0 aliphatic heterocycles. The summed E-state index contributed by atoms with van der Waals surface area (Å²) in [4.78, 5) is 16.4. The van der Waals surface area contributed by atoms with Gasteiger partial charge in [0.25, 0.3) is 0 Å². The highest BCUT2D eigenvalue weighted by atomic mass is 79.9. The van der Waals surface area contributed by atoms with Gasteiger partial charge in [-0.15, -0.1) is 0 Å². The van der Waals surface area contributed by atoms with Crippen molar-refractivity contribution in [2.45, 2.75) is 32.6 Å². The fraction of sp³-hybridized carbons (Fsp3) is 0.238.